The van der Waals surface area contributed by atoms with E-state index in [-0.39, 0.29) is 21.7 Å². The fraction of sp³-hybridized carbons (Fsp3) is 0.238. The summed E-state index contributed by atoms with van der Waals surface area (Å²) in [5, 5.41) is 11.2. The van der Waals surface area contributed by atoms with Crippen molar-refractivity contribution in [2.45, 2.75) is 96.8 Å². The number of aromatic nitrogens is 1. The van der Waals surface area contributed by atoms with Crippen LogP contribution in [0.4, 0.5) is 11.4 Å². The predicted octanol–water partition coefficient (Wildman–Crippen LogP) is 15.6. The summed E-state index contributed by atoms with van der Waals surface area (Å²) in [6, 6.07) is 50.5. The molecule has 5 heteroatoms. The minimum atomic E-state index is -0.135. The van der Waals surface area contributed by atoms with Crippen LogP contribution in [0.15, 0.2) is 142 Å². The quantitative estimate of drug-likeness (QED) is 0.180. The van der Waals surface area contributed by atoms with Crippen molar-refractivity contribution < 1.29 is 8.83 Å². The fourth-order valence-electron chi connectivity index (χ4n) is 12.8. The van der Waals surface area contributed by atoms with E-state index in [1.54, 1.807) is 0 Å². The van der Waals surface area contributed by atoms with Crippen LogP contribution >= 0.6 is 0 Å². The van der Waals surface area contributed by atoms with Crippen LogP contribution in [-0.2, 0) is 21.7 Å². The number of rotatable bonds is 3. The van der Waals surface area contributed by atoms with Gasteiger partial charge in [0, 0.05) is 71.9 Å². The number of benzene rings is 8. The Balaban J connectivity index is 1.06. The third kappa shape index (κ3) is 5.45. The topological polar surface area (TPSA) is 43.2 Å². The Kier molecular flexibility index (Phi) is 7.77. The largest absolute Gasteiger partial charge is 0.456 e. The molecule has 3 aliphatic rings. The van der Waals surface area contributed by atoms with E-state index >= 15 is 0 Å². The summed E-state index contributed by atoms with van der Waals surface area (Å²) < 4.78 is 16.2. The maximum atomic E-state index is 7.03. The van der Waals surface area contributed by atoms with Crippen LogP contribution in [0.25, 0.3) is 93.6 Å². The number of fused-ring (bicyclic) bond motifs is 15. The molecule has 0 spiro atoms. The van der Waals surface area contributed by atoms with Crippen molar-refractivity contribution in [1.82, 2.24) is 4.57 Å². The molecule has 8 aromatic carbocycles. The lowest BCUT2D eigenvalue weighted by Gasteiger charge is -2.41. The Hall–Kier alpha value is -6.98. The Morgan fingerprint density at radius 1 is 0.515 bits per heavy atom. The Morgan fingerprint density at radius 3 is 1.99 bits per heavy atom. The smallest absolute Gasteiger partial charge is 0.198 e. The van der Waals surface area contributed by atoms with Gasteiger partial charge in [0.2, 0.25) is 0 Å². The van der Waals surface area contributed by atoms with E-state index in [4.69, 9.17) is 8.83 Å². The van der Waals surface area contributed by atoms with E-state index in [2.05, 4.69) is 206 Å². The molecule has 0 atom stereocenters. The molecule has 2 aliphatic carbocycles. The third-order valence-corrected chi connectivity index (χ3v) is 16.8. The third-order valence-electron chi connectivity index (χ3n) is 16.8. The summed E-state index contributed by atoms with van der Waals surface area (Å²) in [5.41, 5.74) is 24.2. The zero-order valence-corrected chi connectivity index (χ0v) is 40.6. The lowest BCUT2D eigenvalue weighted by Crippen LogP contribution is -2.37. The number of hydrogen-bond acceptors (Lipinski definition) is 3. The van der Waals surface area contributed by atoms with Crippen LogP contribution in [0, 0.1) is 0 Å². The molecule has 3 aromatic heterocycles. The first kappa shape index (κ1) is 40.1. The maximum Gasteiger partial charge on any atom is 0.198 e. The molecule has 4 heterocycles. The summed E-state index contributed by atoms with van der Waals surface area (Å²) in [7, 11) is 0.774. The summed E-state index contributed by atoms with van der Waals surface area (Å²) in [5.74, 6) is 0. The van der Waals surface area contributed by atoms with E-state index in [1.807, 2.05) is 0 Å². The molecule has 0 saturated carbocycles. The number of anilines is 2. The molecule has 68 heavy (non-hydrogen) atoms. The molecule has 332 valence electrons. The Morgan fingerprint density at radius 2 is 1.19 bits per heavy atom. The molecule has 14 rings (SSSR count). The van der Waals surface area contributed by atoms with Crippen LogP contribution in [0.1, 0.15) is 103 Å². The molecule has 0 unspecified atom stereocenters. The first-order valence-corrected chi connectivity index (χ1v) is 24.7. The van der Waals surface area contributed by atoms with E-state index in [1.165, 1.54) is 88.3 Å². The minimum absolute atomic E-state index is 0.0558. The Labute approximate surface area is 398 Å². The summed E-state index contributed by atoms with van der Waals surface area (Å²) in [6.45, 7) is 21.2. The van der Waals surface area contributed by atoms with Gasteiger partial charge >= 0.3 is 0 Å². The number of nitrogens with zero attached hydrogens (tertiary/aromatic N) is 1. The highest BCUT2D eigenvalue weighted by molar-refractivity contribution is 6.73. The second kappa shape index (κ2) is 13.2. The monoisotopic (exact) mass is 882 g/mol. The standard InChI is InChI=1S/C63H55BN2O2/c1-60(2,3)34-18-20-35(21-19-34)65-51-29-45-43-27-48-49(62(6,7)25-24-61(48,4)5)32-56(43)68-55(45)30-41(51)38-22-23-39-42-26-40-36-14-10-12-16-46(36)63(8,9)47(40)31-52(42)66-53-33-57-44(28-50(53)64-58(38)59(39)66)37-15-11-13-17-54(37)67-57/h10-23,26-33,64-65H,24-25H2,1-9H3. The average molecular weight is 883 g/mol. The highest BCUT2D eigenvalue weighted by Crippen LogP contribution is 2.53. The van der Waals surface area contributed by atoms with Crippen molar-refractivity contribution in [1.29, 1.82) is 0 Å². The lowest BCUT2D eigenvalue weighted by molar-refractivity contribution is 0.332. The highest BCUT2D eigenvalue weighted by atomic mass is 16.3. The van der Waals surface area contributed by atoms with E-state index in [0.717, 1.165) is 75.6 Å². The molecule has 0 saturated heterocycles. The molecule has 11 aromatic rings. The lowest BCUT2D eigenvalue weighted by atomic mass is 9.59. The van der Waals surface area contributed by atoms with Crippen molar-refractivity contribution in [3.05, 3.63) is 161 Å². The zero-order chi connectivity index (χ0) is 46.4. The molecule has 1 N–H and O–H groups in total. The van der Waals surface area contributed by atoms with Crippen molar-refractivity contribution in [2.75, 3.05) is 5.32 Å². The van der Waals surface area contributed by atoms with E-state index in [0.29, 0.717) is 0 Å². The molecular weight excluding hydrogens is 828 g/mol. The molecule has 0 bridgehead atoms. The van der Waals surface area contributed by atoms with Gasteiger partial charge in [-0.1, -0.05) is 141 Å². The molecule has 0 fully saturated rings. The summed E-state index contributed by atoms with van der Waals surface area (Å²) in [6.07, 6.45) is 2.32. The number of hydrogen-bond donors (Lipinski definition) is 1. The van der Waals surface area contributed by atoms with Gasteiger partial charge in [-0.25, -0.2) is 0 Å². The second-order valence-electron chi connectivity index (χ2n) is 23.3. The van der Waals surface area contributed by atoms with Gasteiger partial charge in [0.15, 0.2) is 7.28 Å². The maximum absolute atomic E-state index is 7.03. The fourth-order valence-corrected chi connectivity index (χ4v) is 12.8. The molecule has 0 radical (unpaired) electrons. The SMILES string of the molecule is CC(C)(C)c1ccc(Nc2cc3c(cc2-c2ccc4c5cc6c(cc5n5c4c2Bc2cc4c(cc2-5)oc2ccccc24)C(C)(C)c2ccccc2-6)oc2cc4c(cc23)C(C)(C)CCC4(C)C)cc1. The van der Waals surface area contributed by atoms with Gasteiger partial charge in [-0.3, -0.25) is 0 Å². The van der Waals surface area contributed by atoms with Gasteiger partial charge in [-0.2, -0.15) is 0 Å². The molecular formula is C63H55BN2O2. The van der Waals surface area contributed by atoms with Crippen LogP contribution in [-0.4, -0.2) is 11.8 Å². The van der Waals surface area contributed by atoms with Crippen LogP contribution in [0.5, 0.6) is 0 Å². The van der Waals surface area contributed by atoms with Crippen molar-refractivity contribution in [3.63, 3.8) is 0 Å². The van der Waals surface area contributed by atoms with Crippen LogP contribution in [0.2, 0.25) is 0 Å². The summed E-state index contributed by atoms with van der Waals surface area (Å²) in [4.78, 5) is 0. The molecule has 0 amide bonds. The van der Waals surface area contributed by atoms with Gasteiger partial charge in [-0.05, 0) is 134 Å². The Bertz CT molecular complexity index is 4030. The van der Waals surface area contributed by atoms with Crippen LogP contribution < -0.4 is 16.2 Å². The number of para-hydroxylation sites is 1. The van der Waals surface area contributed by atoms with Gasteiger partial charge in [0.1, 0.15) is 22.3 Å². The normalized spacial score (nSPS) is 16.4. The number of nitrogens with one attached hydrogen (secondary N) is 1. The van der Waals surface area contributed by atoms with Crippen molar-refractivity contribution in [2.24, 2.45) is 0 Å². The predicted molar refractivity (Wildman–Crippen MR) is 288 cm³/mol. The molecule has 4 nitrogen and oxygen atoms in total. The average Bonchev–Trinajstić information content (AvgIpc) is 4.03. The number of furan rings is 2. The zero-order valence-electron chi connectivity index (χ0n) is 40.6. The van der Waals surface area contributed by atoms with Gasteiger partial charge in [0.25, 0.3) is 0 Å². The summed E-state index contributed by atoms with van der Waals surface area (Å²) >= 11 is 0. The van der Waals surface area contributed by atoms with Gasteiger partial charge in [0.05, 0.1) is 5.52 Å². The van der Waals surface area contributed by atoms with Crippen LogP contribution in [0.3, 0.4) is 0 Å². The minimum Gasteiger partial charge on any atom is -0.456 e. The van der Waals surface area contributed by atoms with E-state index < -0.39 is 0 Å². The van der Waals surface area contributed by atoms with E-state index in [9.17, 15) is 0 Å². The highest BCUT2D eigenvalue weighted by Gasteiger charge is 2.39. The van der Waals surface area contributed by atoms with Crippen molar-refractivity contribution in [3.8, 4) is 27.9 Å². The second-order valence-corrected chi connectivity index (χ2v) is 23.3. The first-order valence-electron chi connectivity index (χ1n) is 24.7. The molecule has 1 aliphatic heterocycles. The van der Waals surface area contributed by atoms with Gasteiger partial charge in [-0.15, -0.1) is 0 Å². The van der Waals surface area contributed by atoms with Gasteiger partial charge < -0.3 is 18.7 Å². The first-order chi connectivity index (χ1) is 32.5. The van der Waals surface area contributed by atoms with Crippen molar-refractivity contribution >= 4 is 95.3 Å².